The number of ketones is 1. The molecular formula is C20H20N2O3S. The highest BCUT2D eigenvalue weighted by atomic mass is 32.2. The molecule has 0 aliphatic carbocycles. The van der Waals surface area contributed by atoms with Crippen LogP contribution in [0.2, 0.25) is 0 Å². The van der Waals surface area contributed by atoms with Crippen molar-refractivity contribution >= 4 is 16.6 Å². The van der Waals surface area contributed by atoms with Crippen molar-refractivity contribution in [2.24, 2.45) is 0 Å². The maximum atomic E-state index is 12.1. The molecule has 0 fully saturated rings. The van der Waals surface area contributed by atoms with Crippen molar-refractivity contribution in [3.05, 3.63) is 66.8 Å². The Bertz CT molecular complexity index is 863. The molecule has 2 aromatic heterocycles. The minimum Gasteiger partial charge on any atom is -0.439 e. The van der Waals surface area contributed by atoms with Crippen molar-refractivity contribution < 1.29 is 13.4 Å². The van der Waals surface area contributed by atoms with Crippen LogP contribution >= 0.6 is 0 Å². The van der Waals surface area contributed by atoms with E-state index < -0.39 is 10.8 Å². The minimum absolute atomic E-state index is 0.0740. The van der Waals surface area contributed by atoms with Crippen molar-refractivity contribution in [2.75, 3.05) is 5.75 Å². The van der Waals surface area contributed by atoms with Gasteiger partial charge in [0.2, 0.25) is 5.89 Å². The molecule has 3 rings (SSSR count). The summed E-state index contributed by atoms with van der Waals surface area (Å²) < 4.78 is 17.7. The van der Waals surface area contributed by atoms with Gasteiger partial charge in [-0.3, -0.25) is 14.0 Å². The van der Waals surface area contributed by atoms with Crippen LogP contribution in [-0.2, 0) is 22.0 Å². The summed E-state index contributed by atoms with van der Waals surface area (Å²) in [5, 5.41) is 0. The molecule has 6 heteroatoms. The van der Waals surface area contributed by atoms with Crippen LogP contribution in [-0.4, -0.2) is 25.7 Å². The Labute approximate surface area is 155 Å². The lowest BCUT2D eigenvalue weighted by Crippen LogP contribution is -2.04. The topological polar surface area (TPSA) is 73.1 Å². The standard InChI is InChI=1S/C20H20N2O3S/c23-16(8-5-7-13-26(24)17-9-2-1-3-10-17)14-20-22-15-19(25-20)18-11-4-6-12-21-18/h1-4,6,9-12,15H,5,7-8,13-14H2. The van der Waals surface area contributed by atoms with Crippen LogP contribution in [0.3, 0.4) is 0 Å². The van der Waals surface area contributed by atoms with Gasteiger partial charge in [0, 0.05) is 23.3 Å². The number of pyridine rings is 1. The Morgan fingerprint density at radius 2 is 1.81 bits per heavy atom. The third-order valence-electron chi connectivity index (χ3n) is 3.86. The second-order valence-corrected chi connectivity index (χ2v) is 7.44. The number of hydrogen-bond donors (Lipinski definition) is 0. The zero-order chi connectivity index (χ0) is 18.2. The van der Waals surface area contributed by atoms with E-state index in [1.807, 2.05) is 48.5 Å². The average Bonchev–Trinajstić information content (AvgIpc) is 3.15. The normalized spacial score (nSPS) is 12.0. The second-order valence-electron chi connectivity index (χ2n) is 5.87. The second kappa shape index (κ2) is 9.20. The van der Waals surface area contributed by atoms with Crippen LogP contribution in [0.4, 0.5) is 0 Å². The van der Waals surface area contributed by atoms with Gasteiger partial charge in [0.05, 0.1) is 23.4 Å². The minimum atomic E-state index is -1.00. The molecule has 0 spiro atoms. The van der Waals surface area contributed by atoms with Crippen LogP contribution in [0, 0.1) is 0 Å². The summed E-state index contributed by atoms with van der Waals surface area (Å²) in [6.07, 6.45) is 5.35. The SMILES string of the molecule is O=C(CCCCS(=O)c1ccccc1)Cc1ncc(-c2ccccn2)o1. The maximum absolute atomic E-state index is 12.1. The quantitative estimate of drug-likeness (QED) is 0.537. The summed E-state index contributed by atoms with van der Waals surface area (Å²) >= 11 is 0. The fraction of sp³-hybridized carbons (Fsp3) is 0.250. The fourth-order valence-electron chi connectivity index (χ4n) is 2.52. The van der Waals surface area contributed by atoms with E-state index in [0.717, 1.165) is 11.3 Å². The summed E-state index contributed by atoms with van der Waals surface area (Å²) in [5.41, 5.74) is 0.696. The van der Waals surface area contributed by atoms with Crippen LogP contribution in [0.15, 0.2) is 70.2 Å². The van der Waals surface area contributed by atoms with E-state index in [-0.39, 0.29) is 12.2 Å². The van der Waals surface area contributed by atoms with Gasteiger partial charge in [-0.2, -0.15) is 0 Å². The van der Waals surface area contributed by atoms with Crippen molar-refractivity contribution in [3.8, 4) is 11.5 Å². The predicted molar refractivity (Wildman–Crippen MR) is 100 cm³/mol. The van der Waals surface area contributed by atoms with E-state index in [1.54, 1.807) is 12.4 Å². The number of Topliss-reactive ketones (excluding diaryl/α,β-unsaturated/α-hetero) is 1. The van der Waals surface area contributed by atoms with Gasteiger partial charge < -0.3 is 4.42 Å². The molecule has 1 aromatic carbocycles. The summed E-state index contributed by atoms with van der Waals surface area (Å²) in [7, 11) is -1.00. The summed E-state index contributed by atoms with van der Waals surface area (Å²) in [5.74, 6) is 1.61. The van der Waals surface area contributed by atoms with Crippen LogP contribution in [0.25, 0.3) is 11.5 Å². The zero-order valence-corrected chi connectivity index (χ0v) is 15.2. The van der Waals surface area contributed by atoms with Crippen molar-refractivity contribution in [1.82, 2.24) is 9.97 Å². The first-order valence-corrected chi connectivity index (χ1v) is 9.85. The monoisotopic (exact) mass is 368 g/mol. The number of unbranched alkanes of at least 4 members (excludes halogenated alkanes) is 1. The van der Waals surface area contributed by atoms with E-state index >= 15 is 0 Å². The Balaban J connectivity index is 1.41. The first kappa shape index (κ1) is 18.2. The van der Waals surface area contributed by atoms with E-state index in [0.29, 0.717) is 35.9 Å². The smallest absolute Gasteiger partial charge is 0.202 e. The number of carbonyl (C=O) groups is 1. The Hall–Kier alpha value is -2.60. The molecule has 0 aliphatic rings. The number of rotatable bonds is 9. The number of carbonyl (C=O) groups excluding carboxylic acids is 1. The fourth-order valence-corrected chi connectivity index (χ4v) is 3.68. The van der Waals surface area contributed by atoms with Gasteiger partial charge in [-0.1, -0.05) is 24.3 Å². The van der Waals surface area contributed by atoms with Gasteiger partial charge in [-0.25, -0.2) is 4.98 Å². The van der Waals surface area contributed by atoms with E-state index in [4.69, 9.17) is 4.42 Å². The lowest BCUT2D eigenvalue weighted by Gasteiger charge is -2.02. The molecule has 0 saturated carbocycles. The van der Waals surface area contributed by atoms with Crippen LogP contribution < -0.4 is 0 Å². The Morgan fingerprint density at radius 1 is 1.00 bits per heavy atom. The molecule has 0 amide bonds. The largest absolute Gasteiger partial charge is 0.439 e. The van der Waals surface area contributed by atoms with Gasteiger partial charge in [-0.15, -0.1) is 0 Å². The van der Waals surface area contributed by atoms with Crippen molar-refractivity contribution in [3.63, 3.8) is 0 Å². The first-order valence-electron chi connectivity index (χ1n) is 8.53. The van der Waals surface area contributed by atoms with Crippen LogP contribution in [0.1, 0.15) is 25.2 Å². The number of hydrogen-bond acceptors (Lipinski definition) is 5. The molecule has 3 aromatic rings. The first-order chi connectivity index (χ1) is 12.7. The number of oxazole rings is 1. The molecule has 1 atom stereocenters. The molecule has 0 saturated heterocycles. The molecule has 0 radical (unpaired) electrons. The molecule has 0 aliphatic heterocycles. The Kier molecular flexibility index (Phi) is 6.44. The summed E-state index contributed by atoms with van der Waals surface area (Å²) in [6, 6.07) is 14.9. The number of aromatic nitrogens is 2. The predicted octanol–water partition coefficient (Wildman–Crippen LogP) is 3.83. The molecule has 1 unspecified atom stereocenters. The third kappa shape index (κ3) is 5.20. The highest BCUT2D eigenvalue weighted by Gasteiger charge is 2.11. The average molecular weight is 368 g/mol. The third-order valence-corrected chi connectivity index (χ3v) is 5.32. The van der Waals surface area contributed by atoms with Crippen molar-refractivity contribution in [2.45, 2.75) is 30.6 Å². The van der Waals surface area contributed by atoms with E-state index in [2.05, 4.69) is 9.97 Å². The lowest BCUT2D eigenvalue weighted by molar-refractivity contribution is -0.118. The van der Waals surface area contributed by atoms with Crippen molar-refractivity contribution in [1.29, 1.82) is 0 Å². The molecule has 0 bridgehead atoms. The zero-order valence-electron chi connectivity index (χ0n) is 14.3. The summed E-state index contributed by atoms with van der Waals surface area (Å²) in [6.45, 7) is 0. The van der Waals surface area contributed by atoms with Gasteiger partial charge in [0.15, 0.2) is 5.76 Å². The van der Waals surface area contributed by atoms with Gasteiger partial charge >= 0.3 is 0 Å². The Morgan fingerprint density at radius 3 is 2.58 bits per heavy atom. The number of nitrogens with zero attached hydrogens (tertiary/aromatic N) is 2. The molecule has 5 nitrogen and oxygen atoms in total. The number of benzene rings is 1. The molecule has 26 heavy (non-hydrogen) atoms. The maximum Gasteiger partial charge on any atom is 0.202 e. The van der Waals surface area contributed by atoms with Crippen LogP contribution in [0.5, 0.6) is 0 Å². The van der Waals surface area contributed by atoms with E-state index in [1.165, 1.54) is 0 Å². The highest BCUT2D eigenvalue weighted by molar-refractivity contribution is 7.85. The molecule has 134 valence electrons. The van der Waals surface area contributed by atoms with Gasteiger partial charge in [0.1, 0.15) is 11.5 Å². The molecule has 2 heterocycles. The molecule has 0 N–H and O–H groups in total. The highest BCUT2D eigenvalue weighted by Crippen LogP contribution is 2.18. The molecular weight excluding hydrogens is 348 g/mol. The van der Waals surface area contributed by atoms with E-state index in [9.17, 15) is 9.00 Å². The lowest BCUT2D eigenvalue weighted by atomic mass is 10.1. The van der Waals surface area contributed by atoms with Gasteiger partial charge in [0.25, 0.3) is 0 Å². The summed E-state index contributed by atoms with van der Waals surface area (Å²) in [4.78, 5) is 21.3. The van der Waals surface area contributed by atoms with Gasteiger partial charge in [-0.05, 0) is 37.1 Å².